The molecule has 0 spiro atoms. The summed E-state index contributed by atoms with van der Waals surface area (Å²) in [7, 11) is 0. The smallest absolute Gasteiger partial charge is 0.208 e. The summed E-state index contributed by atoms with van der Waals surface area (Å²) < 4.78 is 0. The van der Waals surface area contributed by atoms with Crippen LogP contribution in [0.25, 0.3) is 6.08 Å². The Labute approximate surface area is 148 Å². The van der Waals surface area contributed by atoms with Crippen LogP contribution in [-0.4, -0.2) is 47.8 Å². The summed E-state index contributed by atoms with van der Waals surface area (Å²) >= 11 is 1.73. The maximum absolute atomic E-state index is 4.40. The lowest BCUT2D eigenvalue weighted by Crippen LogP contribution is -2.46. The predicted molar refractivity (Wildman–Crippen MR) is 103 cm³/mol. The summed E-state index contributed by atoms with van der Waals surface area (Å²) in [6.07, 6.45) is 4.46. The second-order valence-corrected chi connectivity index (χ2v) is 8.20. The average molecular weight is 343 g/mol. The zero-order chi connectivity index (χ0) is 17.0. The van der Waals surface area contributed by atoms with Crippen molar-refractivity contribution >= 4 is 22.5 Å². The molecule has 3 rings (SSSR count). The molecule has 1 aliphatic rings. The number of anilines is 1. The Hall–Kier alpha value is -1.72. The van der Waals surface area contributed by atoms with Crippen LogP contribution in [-0.2, 0) is 5.41 Å². The van der Waals surface area contributed by atoms with Gasteiger partial charge in [-0.2, -0.15) is 0 Å². The van der Waals surface area contributed by atoms with Crippen molar-refractivity contribution in [3.05, 3.63) is 47.0 Å². The molecule has 1 aromatic heterocycles. The molecule has 128 valence electrons. The van der Waals surface area contributed by atoms with Gasteiger partial charge < -0.3 is 4.90 Å². The molecule has 1 aromatic carbocycles. The summed E-state index contributed by atoms with van der Waals surface area (Å²) in [6, 6.07) is 10.5. The van der Waals surface area contributed by atoms with Gasteiger partial charge >= 0.3 is 0 Å². The SMILES string of the molecule is CC(C)(C)c1nnc(N2CCN(C/C=C/c3ccccc3)CC2)s1. The first-order valence-corrected chi connectivity index (χ1v) is 9.37. The molecule has 0 saturated carbocycles. The van der Waals surface area contributed by atoms with E-state index in [0.717, 1.165) is 42.9 Å². The first-order valence-electron chi connectivity index (χ1n) is 8.55. The lowest BCUT2D eigenvalue weighted by molar-refractivity contribution is 0.284. The molecule has 0 amide bonds. The summed E-state index contributed by atoms with van der Waals surface area (Å²) in [5.41, 5.74) is 1.35. The van der Waals surface area contributed by atoms with Gasteiger partial charge in [0.15, 0.2) is 0 Å². The molecule has 1 aliphatic heterocycles. The van der Waals surface area contributed by atoms with Crippen molar-refractivity contribution in [1.82, 2.24) is 15.1 Å². The molecule has 24 heavy (non-hydrogen) atoms. The van der Waals surface area contributed by atoms with Gasteiger partial charge in [-0.1, -0.05) is 74.6 Å². The number of rotatable bonds is 4. The second-order valence-electron chi connectivity index (χ2n) is 7.24. The molecule has 2 aromatic rings. The quantitative estimate of drug-likeness (QED) is 0.848. The van der Waals surface area contributed by atoms with Crippen LogP contribution in [0.2, 0.25) is 0 Å². The molecule has 2 heterocycles. The Bertz CT molecular complexity index is 664. The zero-order valence-electron chi connectivity index (χ0n) is 14.8. The van der Waals surface area contributed by atoms with E-state index in [1.54, 1.807) is 11.3 Å². The van der Waals surface area contributed by atoms with Crippen LogP contribution in [0.1, 0.15) is 31.3 Å². The maximum Gasteiger partial charge on any atom is 0.208 e. The highest BCUT2D eigenvalue weighted by molar-refractivity contribution is 7.15. The number of aromatic nitrogens is 2. The highest BCUT2D eigenvalue weighted by Gasteiger charge is 2.23. The van der Waals surface area contributed by atoms with Crippen LogP contribution in [0, 0.1) is 0 Å². The Morgan fingerprint density at radius 1 is 1.04 bits per heavy atom. The Balaban J connectivity index is 1.49. The summed E-state index contributed by atoms with van der Waals surface area (Å²) in [4.78, 5) is 4.85. The van der Waals surface area contributed by atoms with Crippen molar-refractivity contribution in [2.45, 2.75) is 26.2 Å². The normalized spacial score (nSPS) is 16.9. The minimum Gasteiger partial charge on any atom is -0.344 e. The van der Waals surface area contributed by atoms with Gasteiger partial charge in [0.1, 0.15) is 5.01 Å². The van der Waals surface area contributed by atoms with E-state index in [9.17, 15) is 0 Å². The van der Waals surface area contributed by atoms with Crippen molar-refractivity contribution in [3.8, 4) is 0 Å². The minimum absolute atomic E-state index is 0.0833. The summed E-state index contributed by atoms with van der Waals surface area (Å²) in [6.45, 7) is 11.8. The molecule has 5 heteroatoms. The number of hydrogen-bond donors (Lipinski definition) is 0. The van der Waals surface area contributed by atoms with Gasteiger partial charge in [0.05, 0.1) is 0 Å². The molecular formula is C19H26N4S. The third-order valence-corrected chi connectivity index (χ3v) is 5.58. The van der Waals surface area contributed by atoms with Gasteiger partial charge in [-0.05, 0) is 5.56 Å². The molecule has 0 aliphatic carbocycles. The summed E-state index contributed by atoms with van der Waals surface area (Å²) in [5.74, 6) is 0. The van der Waals surface area contributed by atoms with E-state index >= 15 is 0 Å². The molecule has 0 unspecified atom stereocenters. The van der Waals surface area contributed by atoms with Gasteiger partial charge in [-0.25, -0.2) is 0 Å². The van der Waals surface area contributed by atoms with Gasteiger partial charge in [-0.15, -0.1) is 10.2 Å². The van der Waals surface area contributed by atoms with E-state index in [4.69, 9.17) is 0 Å². The van der Waals surface area contributed by atoms with Crippen LogP contribution in [0.5, 0.6) is 0 Å². The first-order chi connectivity index (χ1) is 11.5. The lowest BCUT2D eigenvalue weighted by atomic mass is 9.98. The standard InChI is InChI=1S/C19H26N4S/c1-19(2,3)17-20-21-18(24-17)23-14-12-22(13-15-23)11-7-10-16-8-5-4-6-9-16/h4-10H,11-15H2,1-3H3/b10-7+. The van der Waals surface area contributed by atoms with Crippen LogP contribution in [0.15, 0.2) is 36.4 Å². The Morgan fingerprint density at radius 2 is 1.75 bits per heavy atom. The molecular weight excluding hydrogens is 316 g/mol. The number of nitrogens with zero attached hydrogens (tertiary/aromatic N) is 4. The molecule has 0 bridgehead atoms. The summed E-state index contributed by atoms with van der Waals surface area (Å²) in [5, 5.41) is 10.9. The van der Waals surface area contributed by atoms with E-state index in [1.165, 1.54) is 5.56 Å². The van der Waals surface area contributed by atoms with Gasteiger partial charge in [0, 0.05) is 38.1 Å². The number of hydrogen-bond acceptors (Lipinski definition) is 5. The first kappa shape index (κ1) is 17.1. The molecule has 0 atom stereocenters. The van der Waals surface area contributed by atoms with Gasteiger partial charge in [0.2, 0.25) is 5.13 Å². The molecule has 4 nitrogen and oxygen atoms in total. The van der Waals surface area contributed by atoms with Crippen LogP contribution in [0.3, 0.4) is 0 Å². The van der Waals surface area contributed by atoms with Crippen molar-refractivity contribution < 1.29 is 0 Å². The third-order valence-electron chi connectivity index (χ3n) is 4.17. The highest BCUT2D eigenvalue weighted by atomic mass is 32.1. The van der Waals surface area contributed by atoms with Crippen LogP contribution < -0.4 is 4.90 Å². The van der Waals surface area contributed by atoms with E-state index in [1.807, 2.05) is 0 Å². The van der Waals surface area contributed by atoms with E-state index < -0.39 is 0 Å². The van der Waals surface area contributed by atoms with Gasteiger partial charge in [0.25, 0.3) is 0 Å². The van der Waals surface area contributed by atoms with Crippen molar-refractivity contribution in [1.29, 1.82) is 0 Å². The lowest BCUT2D eigenvalue weighted by Gasteiger charge is -2.33. The van der Waals surface area contributed by atoms with Crippen molar-refractivity contribution in [2.75, 3.05) is 37.6 Å². The Kier molecular flexibility index (Phi) is 5.31. The molecule has 0 radical (unpaired) electrons. The average Bonchev–Trinajstić information content (AvgIpc) is 3.07. The second kappa shape index (κ2) is 7.45. The number of piperazine rings is 1. The molecule has 1 fully saturated rings. The van der Waals surface area contributed by atoms with Crippen molar-refractivity contribution in [2.24, 2.45) is 0 Å². The van der Waals surface area contributed by atoms with E-state index in [-0.39, 0.29) is 5.41 Å². The topological polar surface area (TPSA) is 32.3 Å². The largest absolute Gasteiger partial charge is 0.344 e. The van der Waals surface area contributed by atoms with Crippen LogP contribution in [0.4, 0.5) is 5.13 Å². The monoisotopic (exact) mass is 342 g/mol. The fraction of sp³-hybridized carbons (Fsp3) is 0.474. The maximum atomic E-state index is 4.40. The predicted octanol–water partition coefficient (Wildman–Crippen LogP) is 3.67. The fourth-order valence-electron chi connectivity index (χ4n) is 2.67. The minimum atomic E-state index is 0.0833. The van der Waals surface area contributed by atoms with Gasteiger partial charge in [-0.3, -0.25) is 4.90 Å². The molecule has 0 N–H and O–H groups in total. The van der Waals surface area contributed by atoms with Crippen LogP contribution >= 0.6 is 11.3 Å². The molecule has 1 saturated heterocycles. The third kappa shape index (κ3) is 4.42. The Morgan fingerprint density at radius 3 is 2.38 bits per heavy atom. The zero-order valence-corrected chi connectivity index (χ0v) is 15.6. The van der Waals surface area contributed by atoms with E-state index in [2.05, 4.69) is 83.3 Å². The fourth-order valence-corrected chi connectivity index (χ4v) is 3.62. The highest BCUT2D eigenvalue weighted by Crippen LogP contribution is 2.30. The number of benzene rings is 1. The van der Waals surface area contributed by atoms with Crippen molar-refractivity contribution in [3.63, 3.8) is 0 Å². The van der Waals surface area contributed by atoms with E-state index in [0.29, 0.717) is 0 Å².